The summed E-state index contributed by atoms with van der Waals surface area (Å²) in [5.74, 6) is -0.348. The molecule has 27 heavy (non-hydrogen) atoms. The Bertz CT molecular complexity index is 939. The van der Waals surface area contributed by atoms with E-state index in [1.165, 1.54) is 22.4 Å². The van der Waals surface area contributed by atoms with Crippen molar-refractivity contribution in [1.29, 1.82) is 0 Å². The maximum Gasteiger partial charge on any atom is 0.257 e. The lowest BCUT2D eigenvalue weighted by Crippen LogP contribution is -2.50. The van der Waals surface area contributed by atoms with Crippen molar-refractivity contribution < 1.29 is 23.1 Å². The highest BCUT2D eigenvalue weighted by molar-refractivity contribution is 9.10. The van der Waals surface area contributed by atoms with E-state index in [2.05, 4.69) is 15.9 Å². The minimum absolute atomic E-state index is 0.138. The van der Waals surface area contributed by atoms with Crippen LogP contribution in [0, 0.1) is 0 Å². The summed E-state index contributed by atoms with van der Waals surface area (Å²) < 4.78 is 32.7. The molecule has 2 aromatic carbocycles. The Morgan fingerprint density at radius 1 is 1.07 bits per heavy atom. The molecule has 9 heteroatoms. The minimum atomic E-state index is -3.61. The molecule has 0 aromatic heterocycles. The summed E-state index contributed by atoms with van der Waals surface area (Å²) >= 11 is 3.29. The molecule has 0 saturated carbocycles. The van der Waals surface area contributed by atoms with E-state index in [1.807, 2.05) is 0 Å². The number of amides is 1. The third kappa shape index (κ3) is 3.95. The van der Waals surface area contributed by atoms with Crippen LogP contribution in [-0.2, 0) is 10.0 Å². The van der Waals surface area contributed by atoms with Gasteiger partial charge in [0.2, 0.25) is 10.0 Å². The average Bonchev–Trinajstić information content (AvgIpc) is 2.68. The van der Waals surface area contributed by atoms with Crippen LogP contribution < -0.4 is 4.74 Å². The highest BCUT2D eigenvalue weighted by Gasteiger charge is 2.31. The SMILES string of the molecule is COc1cccc(C(=O)N2CCN(S(=O)(=O)c3ccc(Br)cc3)CC2)c1O. The maximum atomic E-state index is 12.7. The molecule has 7 nitrogen and oxygen atoms in total. The Kier molecular flexibility index (Phi) is 5.73. The standard InChI is InChI=1S/C18H19BrN2O5S/c1-26-16-4-2-3-15(17(16)22)18(23)20-9-11-21(12-10-20)27(24,25)14-7-5-13(19)6-8-14/h2-8,22H,9-12H2,1H3. The van der Waals surface area contributed by atoms with Gasteiger partial charge in [-0.15, -0.1) is 0 Å². The van der Waals surface area contributed by atoms with Gasteiger partial charge in [0.25, 0.3) is 5.91 Å². The van der Waals surface area contributed by atoms with Gasteiger partial charge < -0.3 is 14.7 Å². The predicted molar refractivity (Wildman–Crippen MR) is 103 cm³/mol. The van der Waals surface area contributed by atoms with Gasteiger partial charge in [-0.2, -0.15) is 4.31 Å². The van der Waals surface area contributed by atoms with E-state index in [1.54, 1.807) is 36.4 Å². The van der Waals surface area contributed by atoms with Crippen LogP contribution in [0.4, 0.5) is 0 Å². The summed E-state index contributed by atoms with van der Waals surface area (Å²) in [4.78, 5) is 14.4. The van der Waals surface area contributed by atoms with E-state index < -0.39 is 10.0 Å². The third-order valence-electron chi connectivity index (χ3n) is 4.43. The first-order valence-corrected chi connectivity index (χ1v) is 10.5. The first-order valence-electron chi connectivity index (χ1n) is 8.25. The van der Waals surface area contributed by atoms with Gasteiger partial charge in [-0.3, -0.25) is 4.79 Å². The lowest BCUT2D eigenvalue weighted by atomic mass is 10.1. The zero-order valence-electron chi connectivity index (χ0n) is 14.6. The second-order valence-corrected chi connectivity index (χ2v) is 8.86. The van der Waals surface area contributed by atoms with Gasteiger partial charge >= 0.3 is 0 Å². The van der Waals surface area contributed by atoms with E-state index in [0.29, 0.717) is 0 Å². The van der Waals surface area contributed by atoms with Crippen LogP contribution in [0.5, 0.6) is 11.5 Å². The number of para-hydroxylation sites is 1. The summed E-state index contributed by atoms with van der Waals surface area (Å²) in [6.07, 6.45) is 0. The van der Waals surface area contributed by atoms with Crippen molar-refractivity contribution in [3.63, 3.8) is 0 Å². The van der Waals surface area contributed by atoms with Crippen LogP contribution in [0.2, 0.25) is 0 Å². The molecular weight excluding hydrogens is 436 g/mol. The second kappa shape index (κ2) is 7.87. The largest absolute Gasteiger partial charge is 0.504 e. The van der Waals surface area contributed by atoms with Crippen molar-refractivity contribution in [3.05, 3.63) is 52.5 Å². The molecular formula is C18H19BrN2O5S. The van der Waals surface area contributed by atoms with Gasteiger partial charge in [0.05, 0.1) is 17.6 Å². The van der Waals surface area contributed by atoms with Gasteiger partial charge in [0.15, 0.2) is 11.5 Å². The lowest BCUT2D eigenvalue weighted by molar-refractivity contribution is 0.0694. The summed E-state index contributed by atoms with van der Waals surface area (Å²) in [7, 11) is -2.19. The van der Waals surface area contributed by atoms with Crippen LogP contribution in [-0.4, -0.2) is 61.9 Å². The number of ether oxygens (including phenoxy) is 1. The zero-order valence-corrected chi connectivity index (χ0v) is 17.0. The molecule has 1 aliphatic rings. The van der Waals surface area contributed by atoms with Crippen LogP contribution in [0.3, 0.4) is 0 Å². The molecule has 3 rings (SSSR count). The van der Waals surface area contributed by atoms with E-state index in [4.69, 9.17) is 4.74 Å². The Balaban J connectivity index is 1.72. The number of phenolic OH excluding ortho intramolecular Hbond substituents is 1. The molecule has 1 N–H and O–H groups in total. The smallest absolute Gasteiger partial charge is 0.257 e. The monoisotopic (exact) mass is 454 g/mol. The van der Waals surface area contributed by atoms with Gasteiger partial charge in [-0.1, -0.05) is 22.0 Å². The van der Waals surface area contributed by atoms with Crippen molar-refractivity contribution >= 4 is 31.9 Å². The summed E-state index contributed by atoms with van der Waals surface area (Å²) in [6.45, 7) is 0.861. The van der Waals surface area contributed by atoms with Crippen molar-refractivity contribution in [2.75, 3.05) is 33.3 Å². The molecule has 1 amide bonds. The Labute approximate surface area is 166 Å². The second-order valence-electron chi connectivity index (χ2n) is 6.01. The number of sulfonamides is 1. The Morgan fingerprint density at radius 2 is 1.70 bits per heavy atom. The van der Waals surface area contributed by atoms with Crippen LogP contribution in [0.15, 0.2) is 51.8 Å². The first kappa shape index (κ1) is 19.7. The highest BCUT2D eigenvalue weighted by atomic mass is 79.9. The number of nitrogens with zero attached hydrogens (tertiary/aromatic N) is 2. The molecule has 0 radical (unpaired) electrons. The number of hydrogen-bond acceptors (Lipinski definition) is 5. The third-order valence-corrected chi connectivity index (χ3v) is 6.87. The average molecular weight is 455 g/mol. The van der Waals surface area contributed by atoms with Crippen molar-refractivity contribution in [2.24, 2.45) is 0 Å². The lowest BCUT2D eigenvalue weighted by Gasteiger charge is -2.34. The quantitative estimate of drug-likeness (QED) is 0.765. The molecule has 0 spiro atoms. The summed E-state index contributed by atoms with van der Waals surface area (Å²) in [6, 6.07) is 11.2. The molecule has 0 atom stereocenters. The highest BCUT2D eigenvalue weighted by Crippen LogP contribution is 2.30. The number of carbonyl (C=O) groups excluding carboxylic acids is 1. The molecule has 1 aliphatic heterocycles. The summed E-state index contributed by atoms with van der Waals surface area (Å²) in [5, 5.41) is 10.2. The fourth-order valence-corrected chi connectivity index (χ4v) is 4.60. The number of halogens is 1. The number of methoxy groups -OCH3 is 1. The molecule has 1 fully saturated rings. The fraction of sp³-hybridized carbons (Fsp3) is 0.278. The number of benzene rings is 2. The van der Waals surface area contributed by atoms with Gasteiger partial charge in [0.1, 0.15) is 0 Å². The van der Waals surface area contributed by atoms with E-state index in [0.717, 1.165) is 4.47 Å². The number of piperazine rings is 1. The fourth-order valence-electron chi connectivity index (χ4n) is 2.92. The van der Waals surface area contributed by atoms with Crippen LogP contribution in [0.25, 0.3) is 0 Å². The first-order chi connectivity index (χ1) is 12.8. The maximum absolute atomic E-state index is 12.7. The molecule has 1 heterocycles. The zero-order chi connectivity index (χ0) is 19.6. The number of phenols is 1. The van der Waals surface area contributed by atoms with Crippen molar-refractivity contribution in [3.8, 4) is 11.5 Å². The molecule has 1 saturated heterocycles. The van der Waals surface area contributed by atoms with Crippen molar-refractivity contribution in [1.82, 2.24) is 9.21 Å². The van der Waals surface area contributed by atoms with Crippen molar-refractivity contribution in [2.45, 2.75) is 4.90 Å². The topological polar surface area (TPSA) is 87.2 Å². The Hall–Kier alpha value is -2.10. The van der Waals surface area contributed by atoms with Crippen LogP contribution >= 0.6 is 15.9 Å². The number of rotatable bonds is 4. The normalized spacial score (nSPS) is 15.6. The molecule has 144 valence electrons. The Morgan fingerprint density at radius 3 is 2.30 bits per heavy atom. The number of aromatic hydroxyl groups is 1. The van der Waals surface area contributed by atoms with Gasteiger partial charge in [-0.05, 0) is 36.4 Å². The predicted octanol–water partition coefficient (Wildman–Crippen LogP) is 2.31. The number of carbonyl (C=O) groups is 1. The molecule has 2 aromatic rings. The molecule has 0 bridgehead atoms. The molecule has 0 unspecified atom stereocenters. The van der Waals surface area contributed by atoms with E-state index in [-0.39, 0.29) is 54.0 Å². The van der Waals surface area contributed by atoms with Gasteiger partial charge in [0, 0.05) is 30.7 Å². The number of hydrogen-bond donors (Lipinski definition) is 1. The summed E-state index contributed by atoms with van der Waals surface area (Å²) in [5.41, 5.74) is 0.138. The minimum Gasteiger partial charge on any atom is -0.504 e. The van der Waals surface area contributed by atoms with Crippen LogP contribution in [0.1, 0.15) is 10.4 Å². The van der Waals surface area contributed by atoms with E-state index >= 15 is 0 Å². The molecule has 0 aliphatic carbocycles. The van der Waals surface area contributed by atoms with Gasteiger partial charge in [-0.25, -0.2) is 8.42 Å². The van der Waals surface area contributed by atoms with E-state index in [9.17, 15) is 18.3 Å².